The molecule has 0 saturated carbocycles. The van der Waals surface area contributed by atoms with Crippen LogP contribution in [-0.4, -0.2) is 49.3 Å². The first-order valence-corrected chi connectivity index (χ1v) is 34.9. The van der Waals surface area contributed by atoms with Crippen LogP contribution in [0, 0.1) is 0 Å². The van der Waals surface area contributed by atoms with E-state index < -0.39 is 26.5 Å². The predicted molar refractivity (Wildman–Crippen MR) is 348 cm³/mol. The third-order valence-electron chi connectivity index (χ3n) is 14.2. The fraction of sp³-hybridized carbons (Fsp3) is 0.718. The van der Waals surface area contributed by atoms with Gasteiger partial charge in [0.25, 0.3) is 0 Å². The third kappa shape index (κ3) is 65.7. The largest absolute Gasteiger partial charge is 0.472 e. The van der Waals surface area contributed by atoms with Crippen LogP contribution in [0.3, 0.4) is 0 Å². The second-order valence-corrected chi connectivity index (χ2v) is 23.4. The first-order valence-electron chi connectivity index (χ1n) is 33.4. The van der Waals surface area contributed by atoms with E-state index in [1.54, 1.807) is 0 Å². The number of ether oxygens (including phenoxy) is 2. The molecule has 0 bridgehead atoms. The summed E-state index contributed by atoms with van der Waals surface area (Å²) in [5, 5.41) is 0. The van der Waals surface area contributed by atoms with Gasteiger partial charge in [0.1, 0.15) is 6.61 Å². The number of hydrogen-bond donors (Lipinski definition) is 2. The van der Waals surface area contributed by atoms with E-state index in [9.17, 15) is 19.0 Å². The van der Waals surface area contributed by atoms with Crippen molar-refractivity contribution in [2.75, 3.05) is 26.4 Å². The molecule has 0 amide bonds. The fourth-order valence-electron chi connectivity index (χ4n) is 9.30. The van der Waals surface area contributed by atoms with Gasteiger partial charge in [0.2, 0.25) is 0 Å². The molecule has 0 aliphatic heterocycles. The molecular weight excluding hydrogens is 1030 g/mol. The molecule has 10 heteroatoms. The molecule has 2 atom stereocenters. The second kappa shape index (κ2) is 65.8. The molecule has 3 N–H and O–H groups in total. The van der Waals surface area contributed by atoms with Crippen molar-refractivity contribution < 1.29 is 37.6 Å². The quantitative estimate of drug-likeness (QED) is 0.0264. The van der Waals surface area contributed by atoms with Crippen LogP contribution in [0.4, 0.5) is 0 Å². The number of hydrogen-bond acceptors (Lipinski definition) is 8. The molecule has 0 rings (SSSR count). The minimum absolute atomic E-state index is 0.0481. The van der Waals surface area contributed by atoms with Gasteiger partial charge in [-0.15, -0.1) is 0 Å². The lowest BCUT2D eigenvalue weighted by atomic mass is 10.0. The van der Waals surface area contributed by atoms with Crippen molar-refractivity contribution in [1.29, 1.82) is 0 Å². The summed E-state index contributed by atoms with van der Waals surface area (Å²) in [5.41, 5.74) is 5.39. The molecule has 0 aliphatic carbocycles. The SMILES string of the molecule is CC/C=C\C/C=C\C/C=C\C/C=C\C/C=C\CCCCCCCCCC(=O)OC(COC(=O)CCCCCCCCCCCCCCCCCCCCCCCCCC/C=C\C/C=C\C/C=C\C/C=C\CC)COP(=O)(O)OCCN. The van der Waals surface area contributed by atoms with Crippen LogP contribution in [0.15, 0.2) is 109 Å². The third-order valence-corrected chi connectivity index (χ3v) is 15.1. The summed E-state index contributed by atoms with van der Waals surface area (Å²) in [5.74, 6) is -0.834. The number of rotatable bonds is 62. The number of allylic oxidation sites excluding steroid dienone is 18. The zero-order chi connectivity index (χ0) is 58.7. The van der Waals surface area contributed by atoms with Gasteiger partial charge in [-0.3, -0.25) is 18.6 Å². The molecule has 0 aromatic carbocycles. The Balaban J connectivity index is 3.85. The highest BCUT2D eigenvalue weighted by Gasteiger charge is 2.26. The number of esters is 2. The number of phosphoric ester groups is 1. The molecule has 466 valence electrons. The van der Waals surface area contributed by atoms with Crippen molar-refractivity contribution in [2.45, 2.75) is 302 Å². The smallest absolute Gasteiger partial charge is 0.462 e. The molecule has 0 radical (unpaired) electrons. The summed E-state index contributed by atoms with van der Waals surface area (Å²) < 4.78 is 33.1. The van der Waals surface area contributed by atoms with Crippen LogP contribution in [0.1, 0.15) is 296 Å². The maximum absolute atomic E-state index is 12.7. The average molecular weight is 1150 g/mol. The van der Waals surface area contributed by atoms with Crippen molar-refractivity contribution in [2.24, 2.45) is 5.73 Å². The lowest BCUT2D eigenvalue weighted by molar-refractivity contribution is -0.161. The van der Waals surface area contributed by atoms with Crippen LogP contribution in [0.25, 0.3) is 0 Å². The molecule has 0 aromatic heterocycles. The van der Waals surface area contributed by atoms with Crippen molar-refractivity contribution >= 4 is 19.8 Å². The van der Waals surface area contributed by atoms with Gasteiger partial charge in [-0.25, -0.2) is 4.57 Å². The van der Waals surface area contributed by atoms with E-state index in [0.29, 0.717) is 6.42 Å². The molecule has 0 fully saturated rings. The molecule has 0 spiro atoms. The Kier molecular flexibility index (Phi) is 63.1. The average Bonchev–Trinajstić information content (AvgIpc) is 3.46. The van der Waals surface area contributed by atoms with Gasteiger partial charge in [0.15, 0.2) is 6.10 Å². The van der Waals surface area contributed by atoms with Crippen molar-refractivity contribution in [3.63, 3.8) is 0 Å². The van der Waals surface area contributed by atoms with E-state index >= 15 is 0 Å². The fourth-order valence-corrected chi connectivity index (χ4v) is 10.1. The monoisotopic (exact) mass is 1150 g/mol. The van der Waals surface area contributed by atoms with E-state index in [-0.39, 0.29) is 38.6 Å². The first kappa shape index (κ1) is 77.7. The minimum atomic E-state index is -4.40. The summed E-state index contributed by atoms with van der Waals surface area (Å²) in [6.45, 7) is 3.53. The summed E-state index contributed by atoms with van der Waals surface area (Å²) in [6, 6.07) is 0. The Morgan fingerprint density at radius 1 is 0.370 bits per heavy atom. The number of carbonyl (C=O) groups excluding carboxylic acids is 2. The molecule has 9 nitrogen and oxygen atoms in total. The van der Waals surface area contributed by atoms with Crippen LogP contribution < -0.4 is 5.73 Å². The number of nitrogens with two attached hydrogens (primary N) is 1. The van der Waals surface area contributed by atoms with Crippen LogP contribution in [0.2, 0.25) is 0 Å². The normalized spacial score (nSPS) is 13.7. The van der Waals surface area contributed by atoms with Gasteiger partial charge in [-0.2, -0.15) is 0 Å². The maximum Gasteiger partial charge on any atom is 0.472 e. The van der Waals surface area contributed by atoms with E-state index in [2.05, 4.69) is 123 Å². The maximum atomic E-state index is 12.7. The zero-order valence-corrected chi connectivity index (χ0v) is 53.1. The van der Waals surface area contributed by atoms with Crippen molar-refractivity contribution in [3.8, 4) is 0 Å². The van der Waals surface area contributed by atoms with Gasteiger partial charge in [-0.05, 0) is 96.3 Å². The van der Waals surface area contributed by atoms with Gasteiger partial charge in [0.05, 0.1) is 13.2 Å². The standard InChI is InChI=1S/C71H124NO8P/c1-3-5-7-9-11-13-15-17-19-21-23-25-27-28-29-30-31-32-33-34-35-36-37-38-39-40-42-43-45-47-49-51-53-55-57-59-61-63-70(73)77-67-69(68-79-81(75,76)78-66-65-72)80-71(74)64-62-60-58-56-54-52-50-48-46-44-41-26-24-22-20-18-16-14-12-10-8-6-4-2/h5-8,11-14,17-20,23-26,44,46,69H,3-4,9-10,15-16,21-22,27-43,45,47-68,72H2,1-2H3,(H,75,76)/b7-5-,8-6-,13-11-,14-12-,19-17-,20-18-,25-23-,26-24-,46-44-. The van der Waals surface area contributed by atoms with Gasteiger partial charge >= 0.3 is 19.8 Å². The van der Waals surface area contributed by atoms with E-state index in [1.165, 1.54) is 161 Å². The minimum Gasteiger partial charge on any atom is -0.462 e. The second-order valence-electron chi connectivity index (χ2n) is 21.9. The molecular formula is C71H124NO8P. The van der Waals surface area contributed by atoms with Crippen LogP contribution in [0.5, 0.6) is 0 Å². The number of carbonyl (C=O) groups is 2. The molecule has 0 saturated heterocycles. The Morgan fingerprint density at radius 3 is 0.951 bits per heavy atom. The van der Waals surface area contributed by atoms with Crippen LogP contribution >= 0.6 is 7.82 Å². The Labute approximate surface area is 499 Å². The topological polar surface area (TPSA) is 134 Å². The molecule has 81 heavy (non-hydrogen) atoms. The summed E-state index contributed by atoms with van der Waals surface area (Å²) in [7, 11) is -4.40. The Morgan fingerprint density at radius 2 is 0.642 bits per heavy atom. The predicted octanol–water partition coefficient (Wildman–Crippen LogP) is 21.7. The summed E-state index contributed by atoms with van der Waals surface area (Å²) in [4.78, 5) is 35.3. The lowest BCUT2D eigenvalue weighted by Crippen LogP contribution is -2.29. The number of phosphoric acid groups is 1. The van der Waals surface area contributed by atoms with E-state index in [0.717, 1.165) is 103 Å². The lowest BCUT2D eigenvalue weighted by Gasteiger charge is -2.19. The summed E-state index contributed by atoms with van der Waals surface area (Å²) in [6.07, 6.45) is 90.4. The van der Waals surface area contributed by atoms with E-state index in [1.807, 2.05) is 0 Å². The first-order chi connectivity index (χ1) is 39.8. The molecule has 2 unspecified atom stereocenters. The van der Waals surface area contributed by atoms with Crippen molar-refractivity contribution in [3.05, 3.63) is 109 Å². The van der Waals surface area contributed by atoms with Gasteiger partial charge < -0.3 is 20.1 Å². The van der Waals surface area contributed by atoms with Gasteiger partial charge in [0, 0.05) is 19.4 Å². The van der Waals surface area contributed by atoms with Crippen molar-refractivity contribution in [1.82, 2.24) is 0 Å². The molecule has 0 aliphatic rings. The van der Waals surface area contributed by atoms with Gasteiger partial charge in [-0.1, -0.05) is 297 Å². The van der Waals surface area contributed by atoms with E-state index in [4.69, 9.17) is 24.3 Å². The highest BCUT2D eigenvalue weighted by Crippen LogP contribution is 2.43. The Hall–Kier alpha value is -3.33. The molecule has 0 heterocycles. The number of unbranched alkanes of at least 4 members (excludes halogenated alkanes) is 31. The molecule has 0 aromatic rings. The summed E-state index contributed by atoms with van der Waals surface area (Å²) >= 11 is 0. The zero-order valence-electron chi connectivity index (χ0n) is 52.2. The Bertz CT molecular complexity index is 1690. The highest BCUT2D eigenvalue weighted by atomic mass is 31.2. The highest BCUT2D eigenvalue weighted by molar-refractivity contribution is 7.47. The van der Waals surface area contributed by atoms with Crippen LogP contribution in [-0.2, 0) is 32.7 Å².